The lowest BCUT2D eigenvalue weighted by atomic mass is 9.97. The van der Waals surface area contributed by atoms with Crippen molar-refractivity contribution in [3.8, 4) is 0 Å². The van der Waals surface area contributed by atoms with Crippen molar-refractivity contribution in [2.45, 2.75) is 12.5 Å². The molecule has 2 aromatic carbocycles. The first-order chi connectivity index (χ1) is 9.97. The topological polar surface area (TPSA) is 55.1 Å². The molecule has 1 amide bonds. The highest BCUT2D eigenvalue weighted by Gasteiger charge is 2.23. The number of hydrogen-bond donors (Lipinski definition) is 2. The van der Waals surface area contributed by atoms with E-state index in [-0.39, 0.29) is 11.7 Å². The zero-order chi connectivity index (χ0) is 15.1. The number of anilines is 1. The van der Waals surface area contributed by atoms with Crippen molar-refractivity contribution >= 4 is 39.1 Å². The van der Waals surface area contributed by atoms with Gasteiger partial charge in [-0.2, -0.15) is 0 Å². The fourth-order valence-corrected chi connectivity index (χ4v) is 3.23. The van der Waals surface area contributed by atoms with E-state index in [2.05, 4.69) is 21.2 Å². The van der Waals surface area contributed by atoms with E-state index < -0.39 is 6.04 Å². The minimum absolute atomic E-state index is 0.0706. The Morgan fingerprint density at radius 2 is 2.10 bits per heavy atom. The average Bonchev–Trinajstić information content (AvgIpc) is 2.79. The van der Waals surface area contributed by atoms with Crippen LogP contribution in [-0.4, -0.2) is 5.91 Å². The van der Waals surface area contributed by atoms with E-state index in [9.17, 15) is 9.18 Å². The van der Waals surface area contributed by atoms with Gasteiger partial charge in [-0.1, -0.05) is 23.7 Å². The second-order valence-corrected chi connectivity index (χ2v) is 6.08. The minimum Gasteiger partial charge on any atom is -0.325 e. The maximum absolute atomic E-state index is 13.6. The molecule has 0 radical (unpaired) electrons. The molecule has 2 aromatic rings. The zero-order valence-electron chi connectivity index (χ0n) is 10.8. The van der Waals surface area contributed by atoms with Gasteiger partial charge in [-0.15, -0.1) is 0 Å². The summed E-state index contributed by atoms with van der Waals surface area (Å²) in [7, 11) is 0. The summed E-state index contributed by atoms with van der Waals surface area (Å²) in [6, 6.07) is 7.60. The first kappa shape index (κ1) is 14.5. The monoisotopic (exact) mass is 368 g/mol. The third-order valence-corrected chi connectivity index (χ3v) is 4.66. The molecule has 1 heterocycles. The molecule has 3 nitrogen and oxygen atoms in total. The van der Waals surface area contributed by atoms with Gasteiger partial charge in [0, 0.05) is 10.7 Å². The second kappa shape index (κ2) is 5.40. The molecule has 1 unspecified atom stereocenters. The number of carbonyl (C=O) groups excluding carboxylic acids is 1. The normalized spacial score (nSPS) is 14.8. The number of amides is 1. The van der Waals surface area contributed by atoms with Gasteiger partial charge in [-0.25, -0.2) is 4.39 Å². The van der Waals surface area contributed by atoms with Crippen LogP contribution in [0.3, 0.4) is 0 Å². The maximum Gasteiger partial charge on any atom is 0.228 e. The minimum atomic E-state index is -0.580. The van der Waals surface area contributed by atoms with Crippen LogP contribution < -0.4 is 11.1 Å². The average molecular weight is 370 g/mol. The third kappa shape index (κ3) is 2.57. The predicted molar refractivity (Wildman–Crippen MR) is 83.9 cm³/mol. The lowest BCUT2D eigenvalue weighted by Gasteiger charge is -2.17. The molecule has 0 saturated carbocycles. The lowest BCUT2D eigenvalue weighted by molar-refractivity contribution is -0.115. The van der Waals surface area contributed by atoms with Gasteiger partial charge in [-0.3, -0.25) is 4.79 Å². The number of rotatable bonds is 2. The number of hydrogen-bond acceptors (Lipinski definition) is 2. The summed E-state index contributed by atoms with van der Waals surface area (Å²) in [4.78, 5) is 11.4. The summed E-state index contributed by atoms with van der Waals surface area (Å²) < 4.78 is 14.0. The molecule has 21 heavy (non-hydrogen) atoms. The molecular formula is C15H11BrClFN2O. The summed E-state index contributed by atoms with van der Waals surface area (Å²) in [5, 5.41) is 3.18. The summed E-state index contributed by atoms with van der Waals surface area (Å²) in [6.07, 6.45) is 0.302. The van der Waals surface area contributed by atoms with Gasteiger partial charge >= 0.3 is 0 Å². The van der Waals surface area contributed by atoms with Gasteiger partial charge in [0.15, 0.2) is 0 Å². The van der Waals surface area contributed by atoms with Gasteiger partial charge in [-0.05, 0) is 50.8 Å². The summed E-state index contributed by atoms with van der Waals surface area (Å²) in [6.45, 7) is 0. The van der Waals surface area contributed by atoms with Crippen LogP contribution in [0.25, 0.3) is 0 Å². The number of carbonyl (C=O) groups is 1. The fourth-order valence-electron chi connectivity index (χ4n) is 2.43. The predicted octanol–water partition coefficient (Wildman–Crippen LogP) is 3.78. The third-order valence-electron chi connectivity index (χ3n) is 3.50. The van der Waals surface area contributed by atoms with Crippen molar-refractivity contribution < 1.29 is 9.18 Å². The highest BCUT2D eigenvalue weighted by Crippen LogP contribution is 2.36. The Bertz CT molecular complexity index is 751. The van der Waals surface area contributed by atoms with Crippen molar-refractivity contribution in [3.63, 3.8) is 0 Å². The summed E-state index contributed by atoms with van der Waals surface area (Å²) in [5.41, 5.74) is 9.06. The molecule has 0 bridgehead atoms. The van der Waals surface area contributed by atoms with Crippen molar-refractivity contribution in [1.29, 1.82) is 0 Å². The highest BCUT2D eigenvalue weighted by molar-refractivity contribution is 9.10. The van der Waals surface area contributed by atoms with Crippen LogP contribution in [0.4, 0.5) is 10.1 Å². The molecule has 0 saturated heterocycles. The van der Waals surface area contributed by atoms with Crippen molar-refractivity contribution in [1.82, 2.24) is 0 Å². The highest BCUT2D eigenvalue weighted by atomic mass is 79.9. The van der Waals surface area contributed by atoms with Gasteiger partial charge in [0.2, 0.25) is 5.91 Å². The number of benzene rings is 2. The van der Waals surface area contributed by atoms with E-state index in [1.54, 1.807) is 24.3 Å². The molecule has 0 aliphatic carbocycles. The zero-order valence-corrected chi connectivity index (χ0v) is 13.1. The van der Waals surface area contributed by atoms with Crippen molar-refractivity contribution in [2.24, 2.45) is 5.73 Å². The number of nitrogens with one attached hydrogen (secondary N) is 1. The SMILES string of the molecule is NC(c1cc2c(cc1Cl)NC(=O)C2)c1cccc(F)c1Br. The Labute approximate surface area is 134 Å². The van der Waals surface area contributed by atoms with Crippen molar-refractivity contribution in [3.05, 3.63) is 62.3 Å². The number of nitrogens with two attached hydrogens (primary N) is 1. The Morgan fingerprint density at radius 1 is 1.33 bits per heavy atom. The Morgan fingerprint density at radius 3 is 2.86 bits per heavy atom. The van der Waals surface area contributed by atoms with Gasteiger partial charge in [0.1, 0.15) is 5.82 Å². The Hall–Kier alpha value is -1.43. The molecule has 1 aliphatic rings. The van der Waals surface area contributed by atoms with Crippen LogP contribution in [0.5, 0.6) is 0 Å². The van der Waals surface area contributed by atoms with E-state index >= 15 is 0 Å². The molecule has 3 rings (SSSR count). The van der Waals surface area contributed by atoms with E-state index in [0.29, 0.717) is 32.7 Å². The standard InChI is InChI=1S/C15H11BrClFN2O/c16-14-8(2-1-3-11(14)18)15(19)9-4-7-5-13(21)20-12(7)6-10(9)17/h1-4,6,15H,5,19H2,(H,20,21). The second-order valence-electron chi connectivity index (χ2n) is 4.88. The van der Waals surface area contributed by atoms with Crippen LogP contribution in [0.15, 0.2) is 34.8 Å². The van der Waals surface area contributed by atoms with E-state index in [4.69, 9.17) is 17.3 Å². The lowest BCUT2D eigenvalue weighted by Crippen LogP contribution is -2.14. The molecule has 0 fully saturated rings. The van der Waals surface area contributed by atoms with Crippen molar-refractivity contribution in [2.75, 3.05) is 5.32 Å². The molecule has 1 aliphatic heterocycles. The van der Waals surface area contributed by atoms with Gasteiger partial charge < -0.3 is 11.1 Å². The molecular weight excluding hydrogens is 359 g/mol. The smallest absolute Gasteiger partial charge is 0.228 e. The molecule has 3 N–H and O–H groups in total. The summed E-state index contributed by atoms with van der Waals surface area (Å²) in [5.74, 6) is -0.448. The van der Waals surface area contributed by atoms with E-state index in [1.165, 1.54) is 6.07 Å². The molecule has 0 spiro atoms. The molecule has 108 valence electrons. The Kier molecular flexibility index (Phi) is 3.73. The van der Waals surface area contributed by atoms with Gasteiger partial charge in [0.25, 0.3) is 0 Å². The van der Waals surface area contributed by atoms with Gasteiger partial charge in [0.05, 0.1) is 16.9 Å². The Balaban J connectivity index is 2.06. The van der Waals surface area contributed by atoms with Crippen LogP contribution in [0.1, 0.15) is 22.7 Å². The summed E-state index contributed by atoms with van der Waals surface area (Å²) >= 11 is 9.46. The first-order valence-corrected chi connectivity index (χ1v) is 7.46. The van der Waals surface area contributed by atoms with Crippen LogP contribution in [0.2, 0.25) is 5.02 Å². The quantitative estimate of drug-likeness (QED) is 0.846. The van der Waals surface area contributed by atoms with E-state index in [1.807, 2.05) is 0 Å². The van der Waals surface area contributed by atoms with Crippen LogP contribution in [-0.2, 0) is 11.2 Å². The first-order valence-electron chi connectivity index (χ1n) is 6.29. The van der Waals surface area contributed by atoms with E-state index in [0.717, 1.165) is 5.56 Å². The maximum atomic E-state index is 13.6. The van der Waals surface area contributed by atoms with Crippen LogP contribution in [0, 0.1) is 5.82 Å². The molecule has 1 atom stereocenters. The molecule has 6 heteroatoms. The fraction of sp³-hybridized carbons (Fsp3) is 0.133. The largest absolute Gasteiger partial charge is 0.325 e. The molecule has 0 aromatic heterocycles. The number of halogens is 3. The number of fused-ring (bicyclic) bond motifs is 1. The van der Waals surface area contributed by atoms with Crippen LogP contribution >= 0.6 is 27.5 Å².